The number of ether oxygens (including phenoxy) is 1. The lowest BCUT2D eigenvalue weighted by Crippen LogP contribution is -2.35. The Kier molecular flexibility index (Phi) is 4.25. The van der Waals surface area contributed by atoms with E-state index >= 15 is 0 Å². The van der Waals surface area contributed by atoms with Crippen molar-refractivity contribution in [3.63, 3.8) is 0 Å². The van der Waals surface area contributed by atoms with Gasteiger partial charge in [0, 0.05) is 24.9 Å². The summed E-state index contributed by atoms with van der Waals surface area (Å²) >= 11 is 0. The van der Waals surface area contributed by atoms with Crippen LogP contribution in [0.25, 0.3) is 0 Å². The first-order valence-electron chi connectivity index (χ1n) is 8.49. The molecule has 4 nitrogen and oxygen atoms in total. The number of nitrogens with one attached hydrogen (secondary N) is 1. The van der Waals surface area contributed by atoms with Gasteiger partial charge in [-0.25, -0.2) is 4.98 Å². The third-order valence-electron chi connectivity index (χ3n) is 4.86. The van der Waals surface area contributed by atoms with E-state index < -0.39 is 0 Å². The van der Waals surface area contributed by atoms with Gasteiger partial charge < -0.3 is 14.6 Å². The van der Waals surface area contributed by atoms with Crippen LogP contribution in [0.5, 0.6) is 0 Å². The summed E-state index contributed by atoms with van der Waals surface area (Å²) < 4.78 is 8.23. The van der Waals surface area contributed by atoms with Crippen molar-refractivity contribution in [3.05, 3.63) is 11.9 Å². The van der Waals surface area contributed by atoms with Gasteiger partial charge in [0.15, 0.2) is 0 Å². The topological polar surface area (TPSA) is 39.1 Å². The van der Waals surface area contributed by atoms with Gasteiger partial charge in [-0.15, -0.1) is 0 Å². The highest BCUT2D eigenvalue weighted by atomic mass is 16.5. The van der Waals surface area contributed by atoms with Gasteiger partial charge >= 0.3 is 0 Å². The predicted octanol–water partition coefficient (Wildman–Crippen LogP) is 4.07. The summed E-state index contributed by atoms with van der Waals surface area (Å²) in [7, 11) is 0. The molecule has 2 fully saturated rings. The Morgan fingerprint density at radius 2 is 2.00 bits per heavy atom. The SMILES string of the molecule is Cc1cn(C2CCOC(C)(C)C2)c(NC2CCCCC2)n1. The van der Waals surface area contributed by atoms with Gasteiger partial charge in [-0.05, 0) is 46.5 Å². The van der Waals surface area contributed by atoms with E-state index in [1.54, 1.807) is 0 Å². The first-order chi connectivity index (χ1) is 10.0. The Hall–Kier alpha value is -1.03. The Morgan fingerprint density at radius 1 is 1.24 bits per heavy atom. The van der Waals surface area contributed by atoms with Crippen LogP contribution in [0.15, 0.2) is 6.20 Å². The van der Waals surface area contributed by atoms with Gasteiger partial charge in [0.1, 0.15) is 0 Å². The largest absolute Gasteiger partial charge is 0.375 e. The molecule has 0 aromatic carbocycles. The molecule has 1 saturated carbocycles. The smallest absolute Gasteiger partial charge is 0.203 e. The van der Waals surface area contributed by atoms with Crippen LogP contribution in [0, 0.1) is 6.92 Å². The van der Waals surface area contributed by atoms with Gasteiger partial charge in [-0.3, -0.25) is 0 Å². The summed E-state index contributed by atoms with van der Waals surface area (Å²) in [6, 6.07) is 1.10. The maximum absolute atomic E-state index is 5.86. The molecule has 0 bridgehead atoms. The second-order valence-corrected chi connectivity index (χ2v) is 7.35. The highest BCUT2D eigenvalue weighted by molar-refractivity contribution is 5.31. The van der Waals surface area contributed by atoms with Crippen LogP contribution in [-0.4, -0.2) is 27.8 Å². The predicted molar refractivity (Wildman–Crippen MR) is 85.8 cm³/mol. The third-order valence-corrected chi connectivity index (χ3v) is 4.86. The maximum Gasteiger partial charge on any atom is 0.203 e. The van der Waals surface area contributed by atoms with Gasteiger partial charge in [0.2, 0.25) is 5.95 Å². The number of aromatic nitrogens is 2. The van der Waals surface area contributed by atoms with Crippen LogP contribution < -0.4 is 5.32 Å². The average molecular weight is 291 g/mol. The fourth-order valence-corrected chi connectivity index (χ4v) is 3.77. The second kappa shape index (κ2) is 5.99. The number of hydrogen-bond acceptors (Lipinski definition) is 3. The molecule has 21 heavy (non-hydrogen) atoms. The van der Waals surface area contributed by atoms with E-state index in [2.05, 4.69) is 36.9 Å². The van der Waals surface area contributed by atoms with Crippen molar-refractivity contribution in [1.29, 1.82) is 0 Å². The highest BCUT2D eigenvalue weighted by Crippen LogP contribution is 2.34. The lowest BCUT2D eigenvalue weighted by Gasteiger charge is -2.37. The number of imidazole rings is 1. The van der Waals surface area contributed by atoms with Crippen LogP contribution in [0.4, 0.5) is 5.95 Å². The molecule has 0 spiro atoms. The molecule has 1 aromatic rings. The molecular weight excluding hydrogens is 262 g/mol. The molecule has 1 unspecified atom stereocenters. The lowest BCUT2D eigenvalue weighted by atomic mass is 9.93. The number of hydrogen-bond donors (Lipinski definition) is 1. The van der Waals surface area contributed by atoms with Crippen LogP contribution >= 0.6 is 0 Å². The summed E-state index contributed by atoms with van der Waals surface area (Å²) in [6.45, 7) is 7.32. The zero-order valence-electron chi connectivity index (χ0n) is 13.7. The summed E-state index contributed by atoms with van der Waals surface area (Å²) in [5.74, 6) is 1.07. The molecule has 2 heterocycles. The molecule has 2 aliphatic rings. The van der Waals surface area contributed by atoms with E-state index in [1.807, 2.05) is 0 Å². The highest BCUT2D eigenvalue weighted by Gasteiger charge is 2.31. The number of rotatable bonds is 3. The second-order valence-electron chi connectivity index (χ2n) is 7.35. The molecule has 0 radical (unpaired) electrons. The van der Waals surface area contributed by atoms with E-state index in [0.717, 1.165) is 31.1 Å². The fourth-order valence-electron chi connectivity index (χ4n) is 3.77. The minimum Gasteiger partial charge on any atom is -0.375 e. The third kappa shape index (κ3) is 3.60. The lowest BCUT2D eigenvalue weighted by molar-refractivity contribution is -0.0688. The van der Waals surface area contributed by atoms with Crippen molar-refractivity contribution < 1.29 is 4.74 Å². The standard InChI is InChI=1S/C17H29N3O/c1-13-12-20(15-9-10-21-17(2,3)11-15)16(18-13)19-14-7-5-4-6-8-14/h12,14-15H,4-11H2,1-3H3,(H,18,19). The van der Waals surface area contributed by atoms with Crippen LogP contribution in [0.2, 0.25) is 0 Å². The maximum atomic E-state index is 5.86. The first-order valence-corrected chi connectivity index (χ1v) is 8.49. The van der Waals surface area contributed by atoms with Crippen LogP contribution in [0.1, 0.15) is 70.5 Å². The van der Waals surface area contributed by atoms with Crippen LogP contribution in [0.3, 0.4) is 0 Å². The molecule has 1 atom stereocenters. The zero-order valence-corrected chi connectivity index (χ0v) is 13.7. The normalized spacial score (nSPS) is 26.7. The molecule has 1 aromatic heterocycles. The van der Waals surface area contributed by atoms with E-state index in [4.69, 9.17) is 9.72 Å². The summed E-state index contributed by atoms with van der Waals surface area (Å²) in [5.41, 5.74) is 1.08. The molecule has 1 N–H and O–H groups in total. The Bertz CT molecular complexity index is 474. The van der Waals surface area contributed by atoms with Crippen molar-refractivity contribution in [2.75, 3.05) is 11.9 Å². The van der Waals surface area contributed by atoms with Crippen molar-refractivity contribution in [2.24, 2.45) is 0 Å². The number of nitrogens with zero attached hydrogens (tertiary/aromatic N) is 2. The molecule has 1 aliphatic carbocycles. The van der Waals surface area contributed by atoms with Crippen molar-refractivity contribution >= 4 is 5.95 Å². The monoisotopic (exact) mass is 291 g/mol. The zero-order chi connectivity index (χ0) is 14.9. The summed E-state index contributed by atoms with van der Waals surface area (Å²) in [4.78, 5) is 4.74. The summed E-state index contributed by atoms with van der Waals surface area (Å²) in [5, 5.41) is 3.71. The molecule has 0 amide bonds. The number of anilines is 1. The van der Waals surface area contributed by atoms with E-state index in [9.17, 15) is 0 Å². The van der Waals surface area contributed by atoms with Gasteiger partial charge in [0.05, 0.1) is 11.3 Å². The Morgan fingerprint density at radius 3 is 2.71 bits per heavy atom. The van der Waals surface area contributed by atoms with E-state index in [-0.39, 0.29) is 5.60 Å². The molecular formula is C17H29N3O. The first kappa shape index (κ1) is 14.9. The molecule has 4 heteroatoms. The van der Waals surface area contributed by atoms with Crippen LogP contribution in [-0.2, 0) is 4.74 Å². The minimum atomic E-state index is -0.0246. The minimum absolute atomic E-state index is 0.0246. The van der Waals surface area contributed by atoms with Gasteiger partial charge in [0.25, 0.3) is 0 Å². The molecule has 1 saturated heterocycles. The average Bonchev–Trinajstić information content (AvgIpc) is 2.80. The van der Waals surface area contributed by atoms with Crippen molar-refractivity contribution in [1.82, 2.24) is 9.55 Å². The van der Waals surface area contributed by atoms with Gasteiger partial charge in [-0.2, -0.15) is 0 Å². The fraction of sp³-hybridized carbons (Fsp3) is 0.824. The Balaban J connectivity index is 1.75. The Labute approximate surface area is 128 Å². The quantitative estimate of drug-likeness (QED) is 0.912. The van der Waals surface area contributed by atoms with E-state index in [1.165, 1.54) is 32.1 Å². The van der Waals surface area contributed by atoms with E-state index in [0.29, 0.717) is 12.1 Å². The number of aryl methyl sites for hydroxylation is 1. The van der Waals surface area contributed by atoms with Gasteiger partial charge in [-0.1, -0.05) is 19.3 Å². The molecule has 3 rings (SSSR count). The summed E-state index contributed by atoms with van der Waals surface area (Å²) in [6.07, 6.45) is 11.0. The molecule has 118 valence electrons. The molecule has 1 aliphatic heterocycles. The van der Waals surface area contributed by atoms with Crippen molar-refractivity contribution in [3.8, 4) is 0 Å². The van der Waals surface area contributed by atoms with Crippen molar-refractivity contribution in [2.45, 2.75) is 83.4 Å².